The number of furan rings is 1. The van der Waals surface area contributed by atoms with Crippen LogP contribution in [0.2, 0.25) is 0 Å². The molecule has 0 aliphatic rings. The summed E-state index contributed by atoms with van der Waals surface area (Å²) < 4.78 is 10.1. The molecule has 8 heteroatoms. The second-order valence-corrected chi connectivity index (χ2v) is 4.24. The molecule has 0 spiro atoms. The summed E-state index contributed by atoms with van der Waals surface area (Å²) in [6.07, 6.45) is 1.33. The van der Waals surface area contributed by atoms with E-state index in [0.29, 0.717) is 17.1 Å². The normalized spacial score (nSPS) is 10.8. The van der Waals surface area contributed by atoms with Crippen LogP contribution in [0.1, 0.15) is 5.76 Å². The molecule has 0 aliphatic carbocycles. The number of ether oxygens (including phenoxy) is 1. The van der Waals surface area contributed by atoms with Crippen molar-refractivity contribution in [2.24, 2.45) is 5.10 Å². The van der Waals surface area contributed by atoms with Gasteiger partial charge in [0.2, 0.25) is 0 Å². The highest BCUT2D eigenvalue weighted by Gasteiger charge is 2.09. The molecule has 8 nitrogen and oxygen atoms in total. The van der Waals surface area contributed by atoms with Crippen LogP contribution in [0.25, 0.3) is 11.3 Å². The van der Waals surface area contributed by atoms with Crippen LogP contribution in [0.5, 0.6) is 0 Å². The van der Waals surface area contributed by atoms with E-state index in [4.69, 9.17) is 4.42 Å². The SMILES string of the molecule is COCC(=O)NN=Cc1ccc(-c2cccc([N+](=O)[O-])c2)o1. The quantitative estimate of drug-likeness (QED) is 0.498. The number of hydrogen-bond donors (Lipinski definition) is 1. The first-order valence-corrected chi connectivity index (χ1v) is 6.25. The van der Waals surface area contributed by atoms with E-state index in [1.165, 1.54) is 25.5 Å². The third-order valence-electron chi connectivity index (χ3n) is 2.62. The molecule has 0 saturated heterocycles. The van der Waals surface area contributed by atoms with Gasteiger partial charge >= 0.3 is 0 Å². The van der Waals surface area contributed by atoms with E-state index in [-0.39, 0.29) is 18.2 Å². The fraction of sp³-hybridized carbons (Fsp3) is 0.143. The van der Waals surface area contributed by atoms with Gasteiger partial charge < -0.3 is 9.15 Å². The Bertz CT molecular complexity index is 708. The van der Waals surface area contributed by atoms with Crippen LogP contribution >= 0.6 is 0 Å². The summed E-state index contributed by atoms with van der Waals surface area (Å²) in [6, 6.07) is 9.40. The second-order valence-electron chi connectivity index (χ2n) is 4.24. The predicted molar refractivity (Wildman–Crippen MR) is 78.4 cm³/mol. The summed E-state index contributed by atoms with van der Waals surface area (Å²) in [5, 5.41) is 14.5. The number of benzene rings is 1. The van der Waals surface area contributed by atoms with Crippen molar-refractivity contribution in [3.8, 4) is 11.3 Å². The summed E-state index contributed by atoms with van der Waals surface area (Å²) in [5.41, 5.74) is 2.82. The van der Waals surface area contributed by atoms with Crippen molar-refractivity contribution in [3.63, 3.8) is 0 Å². The number of methoxy groups -OCH3 is 1. The smallest absolute Gasteiger partial charge is 0.270 e. The van der Waals surface area contributed by atoms with Crippen LogP contribution in [-0.4, -0.2) is 30.8 Å². The Morgan fingerprint density at radius 1 is 1.45 bits per heavy atom. The molecule has 114 valence electrons. The Kier molecular flexibility index (Phi) is 4.99. The second kappa shape index (κ2) is 7.14. The highest BCUT2D eigenvalue weighted by molar-refractivity contribution is 5.81. The van der Waals surface area contributed by atoms with Gasteiger partial charge in [0.15, 0.2) is 0 Å². The van der Waals surface area contributed by atoms with Gasteiger partial charge in [-0.3, -0.25) is 14.9 Å². The van der Waals surface area contributed by atoms with Gasteiger partial charge in [-0.05, 0) is 12.1 Å². The third kappa shape index (κ3) is 4.00. The zero-order chi connectivity index (χ0) is 15.9. The molecule has 0 atom stereocenters. The van der Waals surface area contributed by atoms with Crippen molar-refractivity contribution in [2.75, 3.05) is 13.7 Å². The van der Waals surface area contributed by atoms with Crippen molar-refractivity contribution >= 4 is 17.8 Å². The summed E-state index contributed by atoms with van der Waals surface area (Å²) in [5.74, 6) is 0.483. The minimum absolute atomic E-state index is 0.0176. The Hall–Kier alpha value is -3.00. The minimum atomic E-state index is -0.472. The number of nitrogens with zero attached hydrogens (tertiary/aromatic N) is 2. The Morgan fingerprint density at radius 3 is 3.00 bits per heavy atom. The van der Waals surface area contributed by atoms with E-state index < -0.39 is 4.92 Å². The van der Waals surface area contributed by atoms with E-state index in [1.807, 2.05) is 0 Å². The van der Waals surface area contributed by atoms with Crippen LogP contribution in [0.15, 0.2) is 45.9 Å². The van der Waals surface area contributed by atoms with Gasteiger partial charge in [0.1, 0.15) is 18.1 Å². The molecular weight excluding hydrogens is 290 g/mol. The van der Waals surface area contributed by atoms with E-state index in [1.54, 1.807) is 24.3 Å². The van der Waals surface area contributed by atoms with Crippen molar-refractivity contribution in [1.29, 1.82) is 0 Å². The lowest BCUT2D eigenvalue weighted by Crippen LogP contribution is -2.22. The number of carbonyl (C=O) groups is 1. The lowest BCUT2D eigenvalue weighted by atomic mass is 10.1. The van der Waals surface area contributed by atoms with Crippen LogP contribution in [0, 0.1) is 10.1 Å². The summed E-state index contributed by atoms with van der Waals surface area (Å²) in [4.78, 5) is 21.4. The molecule has 0 saturated carbocycles. The lowest BCUT2D eigenvalue weighted by molar-refractivity contribution is -0.384. The van der Waals surface area contributed by atoms with Crippen molar-refractivity contribution in [3.05, 3.63) is 52.3 Å². The molecule has 1 N–H and O–H groups in total. The zero-order valence-electron chi connectivity index (χ0n) is 11.7. The van der Waals surface area contributed by atoms with Crippen LogP contribution in [0.4, 0.5) is 5.69 Å². The molecule has 1 amide bonds. The number of hydrazone groups is 1. The average molecular weight is 303 g/mol. The number of nitro benzene ring substituents is 1. The lowest BCUT2D eigenvalue weighted by Gasteiger charge is -1.97. The van der Waals surface area contributed by atoms with Crippen molar-refractivity contribution < 1.29 is 18.9 Å². The molecule has 0 unspecified atom stereocenters. The first-order valence-electron chi connectivity index (χ1n) is 6.25. The zero-order valence-corrected chi connectivity index (χ0v) is 11.7. The van der Waals surface area contributed by atoms with E-state index in [2.05, 4.69) is 15.3 Å². The molecule has 2 aromatic rings. The summed E-state index contributed by atoms with van der Waals surface area (Å²) in [7, 11) is 1.40. The number of amides is 1. The van der Waals surface area contributed by atoms with E-state index in [9.17, 15) is 14.9 Å². The summed E-state index contributed by atoms with van der Waals surface area (Å²) in [6.45, 7) is -0.0889. The Labute approximate surface area is 125 Å². The van der Waals surface area contributed by atoms with Gasteiger partial charge in [-0.2, -0.15) is 5.10 Å². The largest absolute Gasteiger partial charge is 0.455 e. The first kappa shape index (κ1) is 15.4. The maximum atomic E-state index is 11.1. The van der Waals surface area contributed by atoms with Crippen LogP contribution in [0.3, 0.4) is 0 Å². The van der Waals surface area contributed by atoms with Gasteiger partial charge in [-0.1, -0.05) is 12.1 Å². The van der Waals surface area contributed by atoms with Gasteiger partial charge in [0.05, 0.1) is 11.1 Å². The summed E-state index contributed by atoms with van der Waals surface area (Å²) >= 11 is 0. The van der Waals surface area contributed by atoms with Gasteiger partial charge in [-0.15, -0.1) is 0 Å². The molecule has 0 radical (unpaired) electrons. The van der Waals surface area contributed by atoms with E-state index in [0.717, 1.165) is 0 Å². The number of nitrogens with one attached hydrogen (secondary N) is 1. The molecule has 1 aromatic carbocycles. The number of nitro groups is 1. The molecule has 2 rings (SSSR count). The standard InChI is InChI=1S/C14H13N3O5/c1-21-9-14(18)16-15-8-12-5-6-13(22-12)10-3-2-4-11(7-10)17(19)20/h2-8H,9H2,1H3,(H,16,18). The molecule has 0 aliphatic heterocycles. The molecule has 22 heavy (non-hydrogen) atoms. The third-order valence-corrected chi connectivity index (χ3v) is 2.62. The van der Waals surface area contributed by atoms with Crippen LogP contribution < -0.4 is 5.43 Å². The average Bonchev–Trinajstić information content (AvgIpc) is 2.96. The number of rotatable bonds is 6. The molecule has 0 fully saturated rings. The maximum absolute atomic E-state index is 11.1. The molecule has 1 heterocycles. The number of hydrogen-bond acceptors (Lipinski definition) is 6. The fourth-order valence-corrected chi connectivity index (χ4v) is 1.68. The Morgan fingerprint density at radius 2 is 2.27 bits per heavy atom. The van der Waals surface area contributed by atoms with E-state index >= 15 is 0 Å². The highest BCUT2D eigenvalue weighted by atomic mass is 16.6. The van der Waals surface area contributed by atoms with Crippen LogP contribution in [-0.2, 0) is 9.53 Å². The van der Waals surface area contributed by atoms with Gasteiger partial charge in [-0.25, -0.2) is 5.43 Å². The molecule has 0 bridgehead atoms. The maximum Gasteiger partial charge on any atom is 0.270 e. The molecular formula is C14H13N3O5. The van der Waals surface area contributed by atoms with Gasteiger partial charge in [0.25, 0.3) is 11.6 Å². The minimum Gasteiger partial charge on any atom is -0.455 e. The number of non-ortho nitro benzene ring substituents is 1. The monoisotopic (exact) mass is 303 g/mol. The number of carbonyl (C=O) groups excluding carboxylic acids is 1. The van der Waals surface area contributed by atoms with Crippen molar-refractivity contribution in [1.82, 2.24) is 5.43 Å². The van der Waals surface area contributed by atoms with Gasteiger partial charge in [0, 0.05) is 24.8 Å². The first-order chi connectivity index (χ1) is 10.6. The topological polar surface area (TPSA) is 107 Å². The predicted octanol–water partition coefficient (Wildman–Crippen LogP) is 1.95. The molecule has 1 aromatic heterocycles. The highest BCUT2D eigenvalue weighted by Crippen LogP contribution is 2.25. The fourth-order valence-electron chi connectivity index (χ4n) is 1.68. The Balaban J connectivity index is 2.08. The van der Waals surface area contributed by atoms with Crippen molar-refractivity contribution in [2.45, 2.75) is 0 Å².